The highest BCUT2D eigenvalue weighted by atomic mass is 27.1. The summed E-state index contributed by atoms with van der Waals surface area (Å²) in [5.74, 6) is 0. The molecule has 2 nitrogen and oxygen atoms in total. The third-order valence-electron chi connectivity index (χ3n) is 4.74. The van der Waals surface area contributed by atoms with Gasteiger partial charge in [0.1, 0.15) is 0 Å². The highest BCUT2D eigenvalue weighted by Crippen LogP contribution is 2.35. The molecule has 0 atom stereocenters. The first-order valence-electron chi connectivity index (χ1n) is 7.41. The number of benzene rings is 3. The zero-order valence-corrected chi connectivity index (χ0v) is 13.4. The normalized spacial score (nSPS) is 12.0. The molecule has 2 radical (unpaired) electrons. The van der Waals surface area contributed by atoms with Gasteiger partial charge in [0.15, 0.2) is 0 Å². The molecule has 2 heterocycles. The molecule has 0 aliphatic rings. The maximum absolute atomic E-state index is 2.85. The summed E-state index contributed by atoms with van der Waals surface area (Å²) in [5.41, 5.74) is 5.08. The van der Waals surface area contributed by atoms with Crippen molar-refractivity contribution in [2.45, 2.75) is 0 Å². The minimum atomic E-state index is 1.25. The fourth-order valence-corrected chi connectivity index (χ4v) is 4.09. The Labute approximate surface area is 136 Å². The van der Waals surface area contributed by atoms with Crippen molar-refractivity contribution in [1.29, 1.82) is 0 Å². The van der Waals surface area contributed by atoms with Gasteiger partial charge < -0.3 is 8.12 Å². The van der Waals surface area contributed by atoms with E-state index in [1.807, 2.05) is 0 Å². The molecular weight excluding hydrogens is 283 g/mol. The molecule has 0 fully saturated rings. The fraction of sp³-hybridized carbons (Fsp3) is 0.0526. The lowest BCUT2D eigenvalue weighted by Crippen LogP contribution is -1.90. The van der Waals surface area contributed by atoms with E-state index < -0.39 is 0 Å². The molecule has 2 aromatic heterocycles. The van der Waals surface area contributed by atoms with Gasteiger partial charge >= 0.3 is 16.5 Å². The number of hydrogen-bond acceptors (Lipinski definition) is 0. The number of para-hydroxylation sites is 2. The minimum absolute atomic E-state index is 1.25. The van der Waals surface area contributed by atoms with E-state index in [1.54, 1.807) is 0 Å². The quantitative estimate of drug-likeness (QED) is 0.376. The predicted molar refractivity (Wildman–Crippen MR) is 94.6 cm³/mol. The first-order chi connectivity index (χ1) is 10.8. The van der Waals surface area contributed by atoms with Crippen LogP contribution in [0.5, 0.6) is 0 Å². The molecular formula is C19H13AlN2. The van der Waals surface area contributed by atoms with E-state index in [0.29, 0.717) is 0 Å². The molecule has 102 valence electrons. The van der Waals surface area contributed by atoms with E-state index in [-0.39, 0.29) is 0 Å². The van der Waals surface area contributed by atoms with Gasteiger partial charge in [-0.2, -0.15) is 0 Å². The number of nitrogens with zero attached hydrogens (tertiary/aromatic N) is 2. The van der Waals surface area contributed by atoms with Crippen molar-refractivity contribution in [3.63, 3.8) is 0 Å². The monoisotopic (exact) mass is 296 g/mol. The van der Waals surface area contributed by atoms with Crippen LogP contribution in [0.15, 0.2) is 60.7 Å². The Morgan fingerprint density at radius 2 is 1.18 bits per heavy atom. The van der Waals surface area contributed by atoms with E-state index >= 15 is 0 Å². The zero-order chi connectivity index (χ0) is 14.8. The Morgan fingerprint density at radius 1 is 0.636 bits per heavy atom. The Hall–Kier alpha value is -2.21. The molecule has 3 heteroatoms. The second-order valence-electron chi connectivity index (χ2n) is 5.85. The fourth-order valence-electron chi connectivity index (χ4n) is 3.65. The van der Waals surface area contributed by atoms with Crippen LogP contribution in [0.3, 0.4) is 0 Å². The highest BCUT2D eigenvalue weighted by molar-refractivity contribution is 6.25. The Kier molecular flexibility index (Phi) is 2.34. The van der Waals surface area contributed by atoms with Crippen molar-refractivity contribution >= 4 is 60.1 Å². The van der Waals surface area contributed by atoms with E-state index in [2.05, 4.69) is 92.3 Å². The molecule has 5 rings (SSSR count). The number of rotatable bonds is 0. The summed E-state index contributed by atoms with van der Waals surface area (Å²) in [6.07, 6.45) is 0. The Morgan fingerprint density at radius 3 is 1.95 bits per heavy atom. The first-order valence-corrected chi connectivity index (χ1v) is 7.93. The van der Waals surface area contributed by atoms with Gasteiger partial charge in [0, 0.05) is 50.7 Å². The van der Waals surface area contributed by atoms with Crippen LogP contribution >= 0.6 is 0 Å². The molecule has 0 aliphatic carbocycles. The van der Waals surface area contributed by atoms with Gasteiger partial charge in [0.2, 0.25) is 0 Å². The smallest absolute Gasteiger partial charge is 0.318 e. The van der Waals surface area contributed by atoms with Gasteiger partial charge in [-0.1, -0.05) is 36.4 Å². The van der Waals surface area contributed by atoms with Crippen molar-refractivity contribution < 1.29 is 0 Å². The summed E-state index contributed by atoms with van der Waals surface area (Å²) in [6.45, 7) is 0. The third-order valence-corrected chi connectivity index (χ3v) is 5.30. The lowest BCUT2D eigenvalue weighted by molar-refractivity contribution is 1.02. The van der Waals surface area contributed by atoms with Crippen LogP contribution in [0, 0.1) is 0 Å². The molecule has 0 spiro atoms. The largest absolute Gasteiger partial charge is 0.452 e. The minimum Gasteiger partial charge on any atom is -0.452 e. The van der Waals surface area contributed by atoms with Crippen LogP contribution in [-0.4, -0.2) is 24.6 Å². The standard InChI is InChI=1S/C19H13N2.Al/c1-21-18-9-5-3-7-13(18)15-10-17-14(11-19(15)21)12-6-2-4-8-16(12)20-17;/h2-11H,1H3;/q-1;+1. The van der Waals surface area contributed by atoms with E-state index in [9.17, 15) is 0 Å². The third kappa shape index (κ3) is 1.40. The first kappa shape index (κ1) is 12.3. The van der Waals surface area contributed by atoms with E-state index in [1.165, 1.54) is 43.6 Å². The topological polar surface area (TPSA) is 9.86 Å². The predicted octanol–water partition coefficient (Wildman–Crippen LogP) is 4.37. The summed E-state index contributed by atoms with van der Waals surface area (Å²) in [6, 6.07) is 21.8. The van der Waals surface area contributed by atoms with Crippen LogP contribution in [0.2, 0.25) is 0 Å². The van der Waals surface area contributed by atoms with Gasteiger partial charge in [-0.05, 0) is 24.3 Å². The summed E-state index contributed by atoms with van der Waals surface area (Å²) < 4.78 is 4.50. The molecule has 0 bridgehead atoms. The highest BCUT2D eigenvalue weighted by Gasteiger charge is 2.12. The lowest BCUT2D eigenvalue weighted by Gasteiger charge is -2.01. The lowest BCUT2D eigenvalue weighted by atomic mass is 10.1. The number of fused-ring (bicyclic) bond motifs is 6. The zero-order valence-electron chi connectivity index (χ0n) is 12.2. The average molecular weight is 296 g/mol. The van der Waals surface area contributed by atoms with Crippen LogP contribution in [0.25, 0.3) is 43.6 Å². The summed E-state index contributed by atoms with van der Waals surface area (Å²) in [5, 5.41) is 5.25. The summed E-state index contributed by atoms with van der Waals surface area (Å²) >= 11 is 2.85. The molecule has 3 aromatic carbocycles. The number of hydrogen-bond donors (Lipinski definition) is 0. The van der Waals surface area contributed by atoms with Gasteiger partial charge in [-0.25, -0.2) is 0 Å². The molecule has 0 N–H and O–H groups in total. The molecule has 0 saturated heterocycles. The Bertz CT molecular complexity index is 1100. The maximum Gasteiger partial charge on any atom is 0.318 e. The molecule has 0 aliphatic heterocycles. The van der Waals surface area contributed by atoms with Gasteiger partial charge in [0.05, 0.1) is 0 Å². The Balaban J connectivity index is 2.10. The van der Waals surface area contributed by atoms with Crippen molar-refractivity contribution in [2.24, 2.45) is 7.05 Å². The van der Waals surface area contributed by atoms with Crippen molar-refractivity contribution in [2.75, 3.05) is 0 Å². The summed E-state index contributed by atoms with van der Waals surface area (Å²) in [4.78, 5) is 0. The van der Waals surface area contributed by atoms with Crippen LogP contribution < -0.4 is 0 Å². The summed E-state index contributed by atoms with van der Waals surface area (Å²) in [7, 11) is 2.15. The van der Waals surface area contributed by atoms with Crippen LogP contribution in [0.1, 0.15) is 0 Å². The molecule has 22 heavy (non-hydrogen) atoms. The average Bonchev–Trinajstić information content (AvgIpc) is 3.01. The van der Waals surface area contributed by atoms with Gasteiger partial charge in [-0.15, -0.1) is 0 Å². The van der Waals surface area contributed by atoms with Gasteiger partial charge in [0.25, 0.3) is 0 Å². The van der Waals surface area contributed by atoms with Crippen molar-refractivity contribution in [3.8, 4) is 0 Å². The molecule has 0 unspecified atom stereocenters. The number of aryl methyl sites for hydroxylation is 1. The van der Waals surface area contributed by atoms with E-state index in [0.717, 1.165) is 0 Å². The maximum atomic E-state index is 2.85. The van der Waals surface area contributed by atoms with Crippen LogP contribution in [-0.2, 0) is 7.05 Å². The number of aromatic nitrogens is 2. The van der Waals surface area contributed by atoms with Crippen LogP contribution in [0.4, 0.5) is 0 Å². The second kappa shape index (κ2) is 4.17. The molecule has 5 aromatic rings. The molecule has 0 saturated carbocycles. The molecule has 0 amide bonds. The van der Waals surface area contributed by atoms with E-state index in [4.69, 9.17) is 0 Å². The SMILES string of the molecule is Cn1c2ccccc2c2cc3c(cc21)c1ccccc1[n]3[Al]. The van der Waals surface area contributed by atoms with Crippen molar-refractivity contribution in [3.05, 3.63) is 60.7 Å². The second-order valence-corrected chi connectivity index (χ2v) is 6.37. The van der Waals surface area contributed by atoms with Gasteiger partial charge in [-0.3, -0.25) is 0 Å². The van der Waals surface area contributed by atoms with Crippen molar-refractivity contribution in [1.82, 2.24) is 8.12 Å².